The summed E-state index contributed by atoms with van der Waals surface area (Å²) in [5.74, 6) is -0.424. The Morgan fingerprint density at radius 1 is 1.19 bits per heavy atom. The lowest BCUT2D eigenvalue weighted by Crippen LogP contribution is -2.41. The Kier molecular flexibility index (Phi) is 5.78. The van der Waals surface area contributed by atoms with Crippen molar-refractivity contribution in [2.75, 3.05) is 13.1 Å². The van der Waals surface area contributed by atoms with Crippen LogP contribution in [0.3, 0.4) is 0 Å². The second-order valence-electron chi connectivity index (χ2n) is 7.08. The van der Waals surface area contributed by atoms with Gasteiger partial charge in [-0.3, -0.25) is 4.90 Å². The standard InChI is InChI=1S/C22H24N2O3/c1-17(21(25)26)27-20-9-7-18(8-10-20)15-24-13-11-22(16-23,12-14-24)19-5-3-2-4-6-19/h2-10,17H,11-15H2,1H3,(H,25,26). The molecule has 27 heavy (non-hydrogen) atoms. The summed E-state index contributed by atoms with van der Waals surface area (Å²) in [6.07, 6.45) is 0.783. The molecule has 1 aliphatic heterocycles. The number of likely N-dealkylation sites (tertiary alicyclic amines) is 1. The summed E-state index contributed by atoms with van der Waals surface area (Å²) >= 11 is 0. The van der Waals surface area contributed by atoms with E-state index in [0.29, 0.717) is 5.75 Å². The van der Waals surface area contributed by atoms with E-state index < -0.39 is 12.1 Å². The van der Waals surface area contributed by atoms with Gasteiger partial charge in [0, 0.05) is 19.6 Å². The zero-order chi connectivity index (χ0) is 19.3. The molecule has 140 valence electrons. The van der Waals surface area contributed by atoms with Crippen molar-refractivity contribution >= 4 is 5.97 Å². The molecule has 0 amide bonds. The first-order chi connectivity index (χ1) is 13.0. The number of carboxylic acids is 1. The van der Waals surface area contributed by atoms with Crippen LogP contribution in [-0.2, 0) is 16.8 Å². The lowest BCUT2D eigenvalue weighted by Gasteiger charge is -2.37. The van der Waals surface area contributed by atoms with E-state index in [2.05, 4.69) is 23.1 Å². The van der Waals surface area contributed by atoms with Gasteiger partial charge in [0.2, 0.25) is 0 Å². The smallest absolute Gasteiger partial charge is 0.344 e. The molecule has 3 rings (SSSR count). The summed E-state index contributed by atoms with van der Waals surface area (Å²) < 4.78 is 5.36. The Balaban J connectivity index is 1.58. The first-order valence-electron chi connectivity index (χ1n) is 9.20. The fraction of sp³-hybridized carbons (Fsp3) is 0.364. The minimum absolute atomic E-state index is 0.386. The van der Waals surface area contributed by atoms with Gasteiger partial charge in [-0.2, -0.15) is 5.26 Å². The monoisotopic (exact) mass is 364 g/mol. The molecule has 1 fully saturated rings. The predicted octanol–water partition coefficient (Wildman–Crippen LogP) is 3.60. The highest BCUT2D eigenvalue weighted by molar-refractivity contribution is 5.72. The molecule has 5 nitrogen and oxygen atoms in total. The van der Waals surface area contributed by atoms with E-state index in [9.17, 15) is 10.1 Å². The van der Waals surface area contributed by atoms with Crippen molar-refractivity contribution in [1.82, 2.24) is 4.90 Å². The quantitative estimate of drug-likeness (QED) is 0.848. The maximum absolute atomic E-state index is 10.9. The highest BCUT2D eigenvalue weighted by Gasteiger charge is 2.36. The van der Waals surface area contributed by atoms with Gasteiger partial charge in [0.05, 0.1) is 11.5 Å². The molecule has 0 saturated carbocycles. The fourth-order valence-electron chi connectivity index (χ4n) is 3.50. The van der Waals surface area contributed by atoms with Crippen molar-refractivity contribution in [3.63, 3.8) is 0 Å². The van der Waals surface area contributed by atoms with E-state index in [-0.39, 0.29) is 5.41 Å². The van der Waals surface area contributed by atoms with Crippen LogP contribution in [0.1, 0.15) is 30.9 Å². The Morgan fingerprint density at radius 3 is 2.37 bits per heavy atom. The maximum Gasteiger partial charge on any atom is 0.344 e. The Labute approximate surface area is 159 Å². The predicted molar refractivity (Wildman–Crippen MR) is 102 cm³/mol. The zero-order valence-electron chi connectivity index (χ0n) is 15.5. The van der Waals surface area contributed by atoms with Gasteiger partial charge in [0.25, 0.3) is 0 Å². The number of carbonyl (C=O) groups is 1. The average Bonchev–Trinajstić information content (AvgIpc) is 2.71. The first kappa shape index (κ1) is 18.9. The summed E-state index contributed by atoms with van der Waals surface area (Å²) in [4.78, 5) is 13.2. The molecule has 2 aromatic carbocycles. The summed E-state index contributed by atoms with van der Waals surface area (Å²) in [6.45, 7) is 4.07. The molecule has 1 unspecified atom stereocenters. The number of ether oxygens (including phenoxy) is 1. The van der Waals surface area contributed by atoms with E-state index in [1.807, 2.05) is 42.5 Å². The lowest BCUT2D eigenvalue weighted by atomic mass is 9.74. The minimum Gasteiger partial charge on any atom is -0.479 e. The largest absolute Gasteiger partial charge is 0.479 e. The second-order valence-corrected chi connectivity index (χ2v) is 7.08. The highest BCUT2D eigenvalue weighted by Crippen LogP contribution is 2.35. The van der Waals surface area contributed by atoms with Crippen LogP contribution in [0.4, 0.5) is 0 Å². The SMILES string of the molecule is CC(Oc1ccc(CN2CCC(C#N)(c3ccccc3)CC2)cc1)C(=O)O. The van der Waals surface area contributed by atoms with Crippen LogP contribution in [0.5, 0.6) is 5.75 Å². The number of hydrogen-bond donors (Lipinski definition) is 1. The van der Waals surface area contributed by atoms with Gasteiger partial charge >= 0.3 is 5.97 Å². The molecule has 0 bridgehead atoms. The molecule has 1 atom stereocenters. The summed E-state index contributed by atoms with van der Waals surface area (Å²) in [6, 6.07) is 20.2. The van der Waals surface area contributed by atoms with Crippen molar-refractivity contribution in [1.29, 1.82) is 5.26 Å². The Hall–Kier alpha value is -2.84. The normalized spacial score (nSPS) is 17.6. The molecule has 5 heteroatoms. The molecule has 1 heterocycles. The molecule has 0 radical (unpaired) electrons. The van der Waals surface area contributed by atoms with Gasteiger partial charge in [-0.15, -0.1) is 0 Å². The minimum atomic E-state index is -0.980. The van der Waals surface area contributed by atoms with Crippen molar-refractivity contribution in [3.8, 4) is 11.8 Å². The van der Waals surface area contributed by atoms with Crippen molar-refractivity contribution in [2.24, 2.45) is 0 Å². The third-order valence-corrected chi connectivity index (χ3v) is 5.24. The molecular weight excluding hydrogens is 340 g/mol. The molecule has 1 aliphatic rings. The van der Waals surface area contributed by atoms with Crippen molar-refractivity contribution < 1.29 is 14.6 Å². The number of benzene rings is 2. The third-order valence-electron chi connectivity index (χ3n) is 5.24. The van der Waals surface area contributed by atoms with Crippen LogP contribution in [0.15, 0.2) is 54.6 Å². The average molecular weight is 364 g/mol. The van der Waals surface area contributed by atoms with Gasteiger partial charge in [-0.25, -0.2) is 4.79 Å². The lowest BCUT2D eigenvalue weighted by molar-refractivity contribution is -0.144. The van der Waals surface area contributed by atoms with E-state index in [0.717, 1.165) is 43.6 Å². The maximum atomic E-state index is 10.9. The Morgan fingerprint density at radius 2 is 1.81 bits per heavy atom. The number of rotatable bonds is 6. The van der Waals surface area contributed by atoms with E-state index in [1.165, 1.54) is 6.92 Å². The van der Waals surface area contributed by atoms with Crippen LogP contribution < -0.4 is 4.74 Å². The van der Waals surface area contributed by atoms with Gasteiger partial charge < -0.3 is 9.84 Å². The topological polar surface area (TPSA) is 73.6 Å². The molecule has 0 aromatic heterocycles. The molecule has 2 aromatic rings. The zero-order valence-corrected chi connectivity index (χ0v) is 15.5. The number of carboxylic acid groups (broad SMARTS) is 1. The van der Waals surface area contributed by atoms with Crippen LogP contribution in [0.2, 0.25) is 0 Å². The van der Waals surface area contributed by atoms with Gasteiger partial charge in [-0.1, -0.05) is 42.5 Å². The van der Waals surface area contributed by atoms with Crippen LogP contribution in [0, 0.1) is 11.3 Å². The molecule has 0 aliphatic carbocycles. The number of hydrogen-bond acceptors (Lipinski definition) is 4. The van der Waals surface area contributed by atoms with E-state index in [4.69, 9.17) is 9.84 Å². The van der Waals surface area contributed by atoms with Crippen LogP contribution in [-0.4, -0.2) is 35.2 Å². The summed E-state index contributed by atoms with van der Waals surface area (Å²) in [5.41, 5.74) is 1.87. The van der Waals surface area contributed by atoms with Gasteiger partial charge in [0.1, 0.15) is 5.75 Å². The highest BCUT2D eigenvalue weighted by atomic mass is 16.5. The van der Waals surface area contributed by atoms with Crippen LogP contribution in [0.25, 0.3) is 0 Å². The van der Waals surface area contributed by atoms with E-state index in [1.54, 1.807) is 0 Å². The third kappa shape index (κ3) is 4.47. The second kappa shape index (κ2) is 8.24. The molecular formula is C22H24N2O3. The van der Waals surface area contributed by atoms with Crippen LogP contribution >= 0.6 is 0 Å². The van der Waals surface area contributed by atoms with Crippen molar-refractivity contribution in [2.45, 2.75) is 37.8 Å². The van der Waals surface area contributed by atoms with Gasteiger partial charge in [-0.05, 0) is 43.0 Å². The number of aliphatic carboxylic acids is 1. The Bertz CT molecular complexity index is 804. The molecule has 1 saturated heterocycles. The van der Waals surface area contributed by atoms with Crippen molar-refractivity contribution in [3.05, 3.63) is 65.7 Å². The number of nitriles is 1. The number of nitrogens with zero attached hydrogens (tertiary/aromatic N) is 2. The van der Waals surface area contributed by atoms with E-state index >= 15 is 0 Å². The van der Waals surface area contributed by atoms with Gasteiger partial charge in [0.15, 0.2) is 6.10 Å². The fourth-order valence-corrected chi connectivity index (χ4v) is 3.50. The molecule has 0 spiro atoms. The summed E-state index contributed by atoms with van der Waals surface area (Å²) in [7, 11) is 0. The molecule has 1 N–H and O–H groups in total. The number of piperidine rings is 1. The first-order valence-corrected chi connectivity index (χ1v) is 9.20. The summed E-state index contributed by atoms with van der Waals surface area (Å²) in [5, 5.41) is 18.7.